The number of nitrogens with one attached hydrogen (secondary N) is 1. The number of phenols is 1. The lowest BCUT2D eigenvalue weighted by Crippen LogP contribution is -2.09. The van der Waals surface area contributed by atoms with Crippen LogP contribution in [0, 0.1) is 5.41 Å². The molecule has 0 aliphatic carbocycles. The third kappa shape index (κ3) is 2.65. The fourth-order valence-corrected chi connectivity index (χ4v) is 1.13. The summed E-state index contributed by atoms with van der Waals surface area (Å²) >= 11 is 0. The molecule has 3 nitrogen and oxygen atoms in total. The smallest absolute Gasteiger partial charge is 0.419 e. The van der Waals surface area contributed by atoms with Gasteiger partial charge in [0.25, 0.3) is 0 Å². The van der Waals surface area contributed by atoms with E-state index in [4.69, 9.17) is 15.3 Å². The van der Waals surface area contributed by atoms with Crippen molar-refractivity contribution in [1.82, 2.24) is 0 Å². The van der Waals surface area contributed by atoms with Crippen LogP contribution in [-0.4, -0.2) is 17.6 Å². The van der Waals surface area contributed by atoms with Crippen molar-refractivity contribution in [3.8, 4) is 5.75 Å². The zero-order chi connectivity index (χ0) is 12.3. The third-order valence-corrected chi connectivity index (χ3v) is 1.85. The molecule has 88 valence electrons. The molecule has 0 spiro atoms. The highest BCUT2D eigenvalue weighted by Crippen LogP contribution is 2.36. The molecular weight excluding hydrogens is 223 g/mol. The molecule has 16 heavy (non-hydrogen) atoms. The van der Waals surface area contributed by atoms with E-state index in [1.54, 1.807) is 6.92 Å². The standard InChI is InChI=1S/C10H10F3NO2/c1-2-16-9(14)6-3-4-8(15)7(5-6)10(11,12)13/h3-5,14-15H,2H2,1H3. The maximum absolute atomic E-state index is 12.4. The van der Waals surface area contributed by atoms with Gasteiger partial charge in [-0.3, -0.25) is 5.41 Å². The van der Waals surface area contributed by atoms with Crippen molar-refractivity contribution in [2.45, 2.75) is 13.1 Å². The van der Waals surface area contributed by atoms with Gasteiger partial charge in [-0.1, -0.05) is 0 Å². The number of hydrogen-bond donors (Lipinski definition) is 2. The van der Waals surface area contributed by atoms with Crippen LogP contribution in [0.3, 0.4) is 0 Å². The second-order valence-electron chi connectivity index (χ2n) is 2.99. The van der Waals surface area contributed by atoms with Crippen LogP contribution >= 0.6 is 0 Å². The number of rotatable bonds is 2. The first-order chi connectivity index (χ1) is 7.36. The average Bonchev–Trinajstić information content (AvgIpc) is 2.16. The molecule has 1 aromatic rings. The van der Waals surface area contributed by atoms with E-state index in [0.717, 1.165) is 6.07 Å². The van der Waals surface area contributed by atoms with Crippen molar-refractivity contribution in [3.05, 3.63) is 29.3 Å². The Kier molecular flexibility index (Phi) is 3.41. The van der Waals surface area contributed by atoms with E-state index in [1.807, 2.05) is 0 Å². The normalized spacial score (nSPS) is 11.2. The van der Waals surface area contributed by atoms with Crippen LogP contribution < -0.4 is 0 Å². The lowest BCUT2D eigenvalue weighted by molar-refractivity contribution is -0.138. The summed E-state index contributed by atoms with van der Waals surface area (Å²) in [6.45, 7) is 1.82. The fraction of sp³-hybridized carbons (Fsp3) is 0.300. The van der Waals surface area contributed by atoms with Gasteiger partial charge < -0.3 is 9.84 Å². The SMILES string of the molecule is CCOC(=N)c1ccc(O)c(C(F)(F)F)c1. The quantitative estimate of drug-likeness (QED) is 0.609. The number of hydrogen-bond acceptors (Lipinski definition) is 3. The average molecular weight is 233 g/mol. The molecule has 0 atom stereocenters. The van der Waals surface area contributed by atoms with Crippen LogP contribution in [0.15, 0.2) is 18.2 Å². The van der Waals surface area contributed by atoms with Gasteiger partial charge in [-0.15, -0.1) is 0 Å². The molecule has 0 heterocycles. The second kappa shape index (κ2) is 4.42. The Morgan fingerprint density at radius 1 is 1.44 bits per heavy atom. The minimum Gasteiger partial charge on any atom is -0.507 e. The lowest BCUT2D eigenvalue weighted by Gasteiger charge is -2.11. The number of phenolic OH excluding ortho intramolecular Hbond substituents is 1. The first-order valence-electron chi connectivity index (χ1n) is 4.48. The van der Waals surface area contributed by atoms with Crippen LogP contribution in [0.4, 0.5) is 13.2 Å². The van der Waals surface area contributed by atoms with Gasteiger partial charge in [0.1, 0.15) is 5.75 Å². The minimum absolute atomic E-state index is 0.0213. The zero-order valence-corrected chi connectivity index (χ0v) is 8.43. The molecule has 1 rings (SSSR count). The number of aromatic hydroxyl groups is 1. The van der Waals surface area contributed by atoms with Gasteiger partial charge in [0.2, 0.25) is 5.90 Å². The molecular formula is C10H10F3NO2. The predicted molar refractivity (Wildman–Crippen MR) is 51.6 cm³/mol. The van der Waals surface area contributed by atoms with E-state index in [2.05, 4.69) is 0 Å². The van der Waals surface area contributed by atoms with E-state index >= 15 is 0 Å². The Hall–Kier alpha value is -1.72. The van der Waals surface area contributed by atoms with Gasteiger partial charge in [0.15, 0.2) is 0 Å². The summed E-state index contributed by atoms with van der Waals surface area (Å²) in [5.41, 5.74) is -1.19. The fourth-order valence-electron chi connectivity index (χ4n) is 1.13. The van der Waals surface area contributed by atoms with Crippen LogP contribution in [-0.2, 0) is 10.9 Å². The first-order valence-corrected chi connectivity index (χ1v) is 4.48. The third-order valence-electron chi connectivity index (χ3n) is 1.85. The van der Waals surface area contributed by atoms with Crippen LogP contribution in [0.2, 0.25) is 0 Å². The Bertz CT molecular complexity index is 402. The molecule has 0 aliphatic heterocycles. The maximum Gasteiger partial charge on any atom is 0.419 e. The first kappa shape index (κ1) is 12.4. The van der Waals surface area contributed by atoms with Gasteiger partial charge in [-0.05, 0) is 25.1 Å². The molecule has 0 aromatic heterocycles. The summed E-state index contributed by atoms with van der Waals surface area (Å²) in [4.78, 5) is 0. The summed E-state index contributed by atoms with van der Waals surface area (Å²) < 4.78 is 42.0. The Morgan fingerprint density at radius 3 is 2.56 bits per heavy atom. The van der Waals surface area contributed by atoms with E-state index in [1.165, 1.54) is 6.07 Å². The van der Waals surface area contributed by atoms with E-state index in [0.29, 0.717) is 6.07 Å². The highest BCUT2D eigenvalue weighted by molar-refractivity contribution is 5.92. The van der Waals surface area contributed by atoms with Gasteiger partial charge in [-0.25, -0.2) is 0 Å². The van der Waals surface area contributed by atoms with Crippen LogP contribution in [0.5, 0.6) is 5.75 Å². The number of ether oxygens (including phenoxy) is 1. The summed E-state index contributed by atoms with van der Waals surface area (Å²) in [6, 6.07) is 2.78. The van der Waals surface area contributed by atoms with Gasteiger partial charge in [0.05, 0.1) is 12.2 Å². The molecule has 0 radical (unpaired) electrons. The molecule has 0 aliphatic rings. The topological polar surface area (TPSA) is 53.3 Å². The molecule has 0 unspecified atom stereocenters. The minimum atomic E-state index is -4.65. The van der Waals surface area contributed by atoms with Crippen molar-refractivity contribution >= 4 is 5.90 Å². The van der Waals surface area contributed by atoms with Gasteiger partial charge in [0, 0.05) is 5.56 Å². The maximum atomic E-state index is 12.4. The van der Waals surface area contributed by atoms with E-state index in [-0.39, 0.29) is 18.1 Å². The molecule has 0 fully saturated rings. The summed E-state index contributed by atoms with van der Waals surface area (Å²) in [5.74, 6) is -1.21. The Morgan fingerprint density at radius 2 is 2.06 bits per heavy atom. The van der Waals surface area contributed by atoms with Crippen molar-refractivity contribution in [1.29, 1.82) is 5.41 Å². The van der Waals surface area contributed by atoms with Crippen molar-refractivity contribution < 1.29 is 23.0 Å². The Balaban J connectivity index is 3.13. The highest BCUT2D eigenvalue weighted by Gasteiger charge is 2.34. The van der Waals surface area contributed by atoms with Crippen molar-refractivity contribution in [2.24, 2.45) is 0 Å². The number of alkyl halides is 3. The largest absolute Gasteiger partial charge is 0.507 e. The monoisotopic (exact) mass is 233 g/mol. The summed E-state index contributed by atoms with van der Waals surface area (Å²) in [6.07, 6.45) is -4.65. The van der Waals surface area contributed by atoms with E-state index in [9.17, 15) is 13.2 Å². The van der Waals surface area contributed by atoms with Crippen molar-refractivity contribution in [3.63, 3.8) is 0 Å². The Labute approximate surface area is 90.0 Å². The molecule has 2 N–H and O–H groups in total. The second-order valence-corrected chi connectivity index (χ2v) is 2.99. The van der Waals surface area contributed by atoms with Crippen molar-refractivity contribution in [2.75, 3.05) is 6.61 Å². The predicted octanol–water partition coefficient (Wildman–Crippen LogP) is 2.77. The molecule has 0 saturated carbocycles. The summed E-state index contributed by atoms with van der Waals surface area (Å²) in [7, 11) is 0. The molecule has 0 amide bonds. The number of halogens is 3. The van der Waals surface area contributed by atoms with Gasteiger partial charge >= 0.3 is 6.18 Å². The van der Waals surface area contributed by atoms with Crippen LogP contribution in [0.1, 0.15) is 18.1 Å². The number of benzene rings is 1. The molecule has 0 saturated heterocycles. The lowest BCUT2D eigenvalue weighted by atomic mass is 10.1. The van der Waals surface area contributed by atoms with Gasteiger partial charge in [-0.2, -0.15) is 13.2 Å². The molecule has 1 aromatic carbocycles. The molecule has 6 heteroatoms. The summed E-state index contributed by atoms with van der Waals surface area (Å²) in [5, 5.41) is 16.4. The highest BCUT2D eigenvalue weighted by atomic mass is 19.4. The van der Waals surface area contributed by atoms with Crippen LogP contribution in [0.25, 0.3) is 0 Å². The molecule has 0 bridgehead atoms. The van der Waals surface area contributed by atoms with E-state index < -0.39 is 17.5 Å². The zero-order valence-electron chi connectivity index (χ0n) is 8.43.